The molecule has 2 aromatic carbocycles. The van der Waals surface area contributed by atoms with Crippen molar-refractivity contribution in [3.63, 3.8) is 0 Å². The SMILES string of the molecule is O=C(CCN1CCC[C@H](c2ccc(C(=O)O)cc2)C1)NCc1ccc(F)cc1. The molecule has 1 amide bonds. The maximum absolute atomic E-state index is 12.9. The molecule has 148 valence electrons. The molecule has 6 heteroatoms. The molecule has 0 aliphatic carbocycles. The van der Waals surface area contributed by atoms with Gasteiger partial charge in [-0.2, -0.15) is 0 Å². The number of carboxylic acids is 1. The van der Waals surface area contributed by atoms with E-state index >= 15 is 0 Å². The van der Waals surface area contributed by atoms with Gasteiger partial charge in [0, 0.05) is 26.1 Å². The molecule has 3 rings (SSSR count). The summed E-state index contributed by atoms with van der Waals surface area (Å²) in [6.07, 6.45) is 2.55. The van der Waals surface area contributed by atoms with Gasteiger partial charge in [-0.05, 0) is 60.7 Å². The van der Waals surface area contributed by atoms with E-state index in [2.05, 4.69) is 10.2 Å². The van der Waals surface area contributed by atoms with Gasteiger partial charge in [-0.1, -0.05) is 24.3 Å². The summed E-state index contributed by atoms with van der Waals surface area (Å²) in [5, 5.41) is 11.9. The number of nitrogens with zero attached hydrogens (tertiary/aromatic N) is 1. The molecule has 1 atom stereocenters. The van der Waals surface area contributed by atoms with E-state index in [-0.39, 0.29) is 11.7 Å². The first-order chi connectivity index (χ1) is 13.5. The van der Waals surface area contributed by atoms with Crippen LogP contribution in [0.3, 0.4) is 0 Å². The molecule has 0 aromatic heterocycles. The second-order valence-electron chi connectivity index (χ2n) is 7.22. The van der Waals surface area contributed by atoms with E-state index in [0.717, 1.165) is 37.1 Å². The highest BCUT2D eigenvalue weighted by Gasteiger charge is 2.22. The summed E-state index contributed by atoms with van der Waals surface area (Å²) in [5.41, 5.74) is 2.32. The van der Waals surface area contributed by atoms with Crippen LogP contribution in [0.5, 0.6) is 0 Å². The monoisotopic (exact) mass is 384 g/mol. The summed E-state index contributed by atoms with van der Waals surface area (Å²) in [6, 6.07) is 13.2. The molecule has 1 aliphatic heterocycles. The number of carbonyl (C=O) groups is 2. The third kappa shape index (κ3) is 5.63. The number of rotatable bonds is 7. The third-order valence-electron chi connectivity index (χ3n) is 5.19. The molecule has 1 aliphatic rings. The van der Waals surface area contributed by atoms with Crippen LogP contribution in [-0.2, 0) is 11.3 Å². The number of carbonyl (C=O) groups excluding carboxylic acids is 1. The first-order valence-corrected chi connectivity index (χ1v) is 9.58. The number of hydrogen-bond donors (Lipinski definition) is 2. The van der Waals surface area contributed by atoms with Gasteiger partial charge in [0.05, 0.1) is 5.56 Å². The molecule has 5 nitrogen and oxygen atoms in total. The number of halogens is 1. The lowest BCUT2D eigenvalue weighted by molar-refractivity contribution is -0.121. The van der Waals surface area contributed by atoms with Crippen LogP contribution in [0.4, 0.5) is 4.39 Å². The van der Waals surface area contributed by atoms with Crippen molar-refractivity contribution >= 4 is 11.9 Å². The molecule has 2 aromatic rings. The average Bonchev–Trinajstić information content (AvgIpc) is 2.72. The van der Waals surface area contributed by atoms with Gasteiger partial charge < -0.3 is 15.3 Å². The standard InChI is InChI=1S/C22H25FN2O3/c23-20-9-3-16(4-10-20)14-24-21(26)11-13-25-12-1-2-19(15-25)17-5-7-18(8-6-17)22(27)28/h3-10,19H,1-2,11-15H2,(H,24,26)(H,27,28)/t19-/m0/s1. The zero-order valence-electron chi connectivity index (χ0n) is 15.7. The fourth-order valence-corrected chi connectivity index (χ4v) is 3.58. The number of nitrogens with one attached hydrogen (secondary N) is 1. The van der Waals surface area contributed by atoms with E-state index in [4.69, 9.17) is 5.11 Å². The van der Waals surface area contributed by atoms with E-state index in [1.165, 1.54) is 12.1 Å². The van der Waals surface area contributed by atoms with Crippen molar-refractivity contribution < 1.29 is 19.1 Å². The quantitative estimate of drug-likeness (QED) is 0.768. The molecule has 0 radical (unpaired) electrons. The molecule has 0 unspecified atom stereocenters. The lowest BCUT2D eigenvalue weighted by Crippen LogP contribution is -2.37. The van der Waals surface area contributed by atoms with E-state index in [1.807, 2.05) is 12.1 Å². The van der Waals surface area contributed by atoms with Crippen molar-refractivity contribution in [1.29, 1.82) is 0 Å². The van der Waals surface area contributed by atoms with Gasteiger partial charge in [-0.25, -0.2) is 9.18 Å². The molecule has 1 fully saturated rings. The van der Waals surface area contributed by atoms with E-state index in [1.54, 1.807) is 24.3 Å². The smallest absolute Gasteiger partial charge is 0.335 e. The molecule has 0 spiro atoms. The van der Waals surface area contributed by atoms with Gasteiger partial charge in [-0.3, -0.25) is 4.79 Å². The fraction of sp³-hybridized carbons (Fsp3) is 0.364. The predicted molar refractivity (Wildman–Crippen MR) is 105 cm³/mol. The Labute approximate surface area is 164 Å². The van der Waals surface area contributed by atoms with Crippen LogP contribution in [0.2, 0.25) is 0 Å². The topological polar surface area (TPSA) is 69.6 Å². The van der Waals surface area contributed by atoms with Gasteiger partial charge in [0.2, 0.25) is 5.91 Å². The third-order valence-corrected chi connectivity index (χ3v) is 5.19. The Kier molecular flexibility index (Phi) is 6.76. The highest BCUT2D eigenvalue weighted by Crippen LogP contribution is 2.27. The van der Waals surface area contributed by atoms with E-state index in [0.29, 0.717) is 31.0 Å². The molecular formula is C22H25FN2O3. The van der Waals surface area contributed by atoms with Crippen LogP contribution in [0, 0.1) is 5.82 Å². The Morgan fingerprint density at radius 1 is 1.11 bits per heavy atom. The normalized spacial score (nSPS) is 17.2. The Morgan fingerprint density at radius 2 is 1.82 bits per heavy atom. The van der Waals surface area contributed by atoms with Gasteiger partial charge in [0.15, 0.2) is 0 Å². The Hall–Kier alpha value is -2.73. The molecule has 1 saturated heterocycles. The van der Waals surface area contributed by atoms with Crippen LogP contribution in [-0.4, -0.2) is 41.5 Å². The molecular weight excluding hydrogens is 359 g/mol. The van der Waals surface area contributed by atoms with Crippen molar-refractivity contribution in [2.75, 3.05) is 19.6 Å². The number of carboxylic acid groups (broad SMARTS) is 1. The van der Waals surface area contributed by atoms with Gasteiger partial charge in [0.25, 0.3) is 0 Å². The lowest BCUT2D eigenvalue weighted by Gasteiger charge is -2.32. The van der Waals surface area contributed by atoms with Crippen LogP contribution in [0.15, 0.2) is 48.5 Å². The number of aromatic carboxylic acids is 1. The molecule has 1 heterocycles. The van der Waals surface area contributed by atoms with Crippen molar-refractivity contribution in [1.82, 2.24) is 10.2 Å². The van der Waals surface area contributed by atoms with E-state index < -0.39 is 5.97 Å². The number of likely N-dealkylation sites (tertiary alicyclic amines) is 1. The Morgan fingerprint density at radius 3 is 2.50 bits per heavy atom. The number of benzene rings is 2. The van der Waals surface area contributed by atoms with E-state index in [9.17, 15) is 14.0 Å². The maximum Gasteiger partial charge on any atom is 0.335 e. The molecule has 28 heavy (non-hydrogen) atoms. The average molecular weight is 384 g/mol. The number of piperidine rings is 1. The minimum Gasteiger partial charge on any atom is -0.478 e. The molecule has 2 N–H and O–H groups in total. The van der Waals surface area contributed by atoms with Crippen LogP contribution >= 0.6 is 0 Å². The summed E-state index contributed by atoms with van der Waals surface area (Å²) >= 11 is 0. The summed E-state index contributed by atoms with van der Waals surface area (Å²) in [4.78, 5) is 25.4. The van der Waals surface area contributed by atoms with Gasteiger partial charge in [-0.15, -0.1) is 0 Å². The predicted octanol–water partition coefficient (Wildman–Crippen LogP) is 3.41. The van der Waals surface area contributed by atoms with Crippen LogP contribution < -0.4 is 5.32 Å². The first kappa shape index (κ1) is 20.0. The van der Waals surface area contributed by atoms with Crippen LogP contribution in [0.1, 0.15) is 46.7 Å². The summed E-state index contributed by atoms with van der Waals surface area (Å²) < 4.78 is 12.9. The second kappa shape index (κ2) is 9.46. The maximum atomic E-state index is 12.9. The van der Waals surface area contributed by atoms with Crippen molar-refractivity contribution in [2.45, 2.75) is 31.7 Å². The van der Waals surface area contributed by atoms with Crippen molar-refractivity contribution in [3.05, 3.63) is 71.0 Å². The minimum absolute atomic E-state index is 0.0164. The first-order valence-electron chi connectivity index (χ1n) is 9.58. The van der Waals surface area contributed by atoms with Crippen LogP contribution in [0.25, 0.3) is 0 Å². The summed E-state index contributed by atoms with van der Waals surface area (Å²) in [6.45, 7) is 2.93. The summed E-state index contributed by atoms with van der Waals surface area (Å²) in [7, 11) is 0. The molecule has 0 saturated carbocycles. The fourth-order valence-electron chi connectivity index (χ4n) is 3.58. The van der Waals surface area contributed by atoms with Crippen molar-refractivity contribution in [3.8, 4) is 0 Å². The highest BCUT2D eigenvalue weighted by atomic mass is 19.1. The zero-order chi connectivity index (χ0) is 19.9. The summed E-state index contributed by atoms with van der Waals surface area (Å²) in [5.74, 6) is -0.855. The highest BCUT2D eigenvalue weighted by molar-refractivity contribution is 5.87. The Bertz CT molecular complexity index is 806. The molecule has 0 bridgehead atoms. The minimum atomic E-state index is -0.913. The van der Waals surface area contributed by atoms with Gasteiger partial charge >= 0.3 is 5.97 Å². The Balaban J connectivity index is 1.44. The second-order valence-corrected chi connectivity index (χ2v) is 7.22. The van der Waals surface area contributed by atoms with Crippen molar-refractivity contribution in [2.24, 2.45) is 0 Å². The zero-order valence-corrected chi connectivity index (χ0v) is 15.7. The number of amides is 1. The lowest BCUT2D eigenvalue weighted by atomic mass is 9.90. The number of hydrogen-bond acceptors (Lipinski definition) is 3. The van der Waals surface area contributed by atoms with Gasteiger partial charge in [0.1, 0.15) is 5.82 Å². The largest absolute Gasteiger partial charge is 0.478 e.